The van der Waals surface area contributed by atoms with E-state index in [2.05, 4.69) is 10.3 Å². The van der Waals surface area contributed by atoms with Gasteiger partial charge < -0.3 is 5.32 Å². The van der Waals surface area contributed by atoms with E-state index in [0.717, 1.165) is 16.1 Å². The average Bonchev–Trinajstić information content (AvgIpc) is 3.03. The van der Waals surface area contributed by atoms with Gasteiger partial charge in [0.05, 0.1) is 11.2 Å². The molecule has 1 atom stereocenters. The fourth-order valence-electron chi connectivity index (χ4n) is 2.56. The zero-order valence-corrected chi connectivity index (χ0v) is 13.1. The Labute approximate surface area is 133 Å². The fraction of sp³-hybridized carbons (Fsp3) is 0.312. The van der Waals surface area contributed by atoms with Crippen LogP contribution in [0.25, 0.3) is 0 Å². The number of hydrogen-bond acceptors (Lipinski definition) is 4. The standard InChI is InChI=1S/C16H17N3O2S/c1-11-14(22-10-17-11)7-8-19-15(20)13(18-16(19)21)9-12-5-3-2-4-6-12/h2-6,10,13H,7-9H2,1H3,(H,18,21)/t13-/m0/s1. The van der Waals surface area contributed by atoms with Gasteiger partial charge in [0.1, 0.15) is 6.04 Å². The van der Waals surface area contributed by atoms with Gasteiger partial charge in [0.25, 0.3) is 5.91 Å². The van der Waals surface area contributed by atoms with E-state index in [1.807, 2.05) is 37.3 Å². The topological polar surface area (TPSA) is 62.3 Å². The van der Waals surface area contributed by atoms with Crippen LogP contribution in [0.15, 0.2) is 35.8 Å². The number of aryl methyl sites for hydroxylation is 1. The summed E-state index contributed by atoms with van der Waals surface area (Å²) in [6.07, 6.45) is 1.19. The number of aromatic nitrogens is 1. The van der Waals surface area contributed by atoms with Crippen molar-refractivity contribution in [3.63, 3.8) is 0 Å². The van der Waals surface area contributed by atoms with Crippen LogP contribution in [0.3, 0.4) is 0 Å². The minimum Gasteiger partial charge on any atom is -0.325 e. The number of thiazole rings is 1. The second-order valence-electron chi connectivity index (χ2n) is 5.29. The molecule has 2 aromatic rings. The van der Waals surface area contributed by atoms with Gasteiger partial charge in [-0.05, 0) is 12.5 Å². The normalized spacial score (nSPS) is 17.9. The van der Waals surface area contributed by atoms with Gasteiger partial charge in [-0.3, -0.25) is 9.69 Å². The molecular formula is C16H17N3O2S. The maximum absolute atomic E-state index is 12.4. The highest BCUT2D eigenvalue weighted by atomic mass is 32.1. The highest BCUT2D eigenvalue weighted by molar-refractivity contribution is 7.09. The van der Waals surface area contributed by atoms with Crippen LogP contribution in [0.5, 0.6) is 0 Å². The van der Waals surface area contributed by atoms with E-state index in [0.29, 0.717) is 19.4 Å². The number of carbonyl (C=O) groups is 2. The van der Waals surface area contributed by atoms with Gasteiger partial charge in [-0.15, -0.1) is 11.3 Å². The van der Waals surface area contributed by atoms with Gasteiger partial charge in [0, 0.05) is 24.3 Å². The van der Waals surface area contributed by atoms with Gasteiger partial charge in [-0.1, -0.05) is 30.3 Å². The molecule has 22 heavy (non-hydrogen) atoms. The van der Waals surface area contributed by atoms with Crippen LogP contribution in [0, 0.1) is 6.92 Å². The van der Waals surface area contributed by atoms with Gasteiger partial charge >= 0.3 is 6.03 Å². The lowest BCUT2D eigenvalue weighted by molar-refractivity contribution is -0.127. The molecule has 2 heterocycles. The lowest BCUT2D eigenvalue weighted by Crippen LogP contribution is -2.33. The third-order valence-electron chi connectivity index (χ3n) is 3.80. The van der Waals surface area contributed by atoms with Crippen molar-refractivity contribution in [2.75, 3.05) is 6.54 Å². The van der Waals surface area contributed by atoms with Crippen molar-refractivity contribution >= 4 is 23.3 Å². The van der Waals surface area contributed by atoms with E-state index >= 15 is 0 Å². The molecule has 1 aliphatic heterocycles. The molecule has 1 aromatic carbocycles. The number of imide groups is 1. The van der Waals surface area contributed by atoms with Crippen LogP contribution in [-0.4, -0.2) is 34.4 Å². The summed E-state index contributed by atoms with van der Waals surface area (Å²) in [6.45, 7) is 2.34. The van der Waals surface area contributed by atoms with E-state index in [1.54, 1.807) is 16.8 Å². The van der Waals surface area contributed by atoms with Crippen molar-refractivity contribution in [1.82, 2.24) is 15.2 Å². The van der Waals surface area contributed by atoms with Crippen LogP contribution in [-0.2, 0) is 17.6 Å². The Kier molecular flexibility index (Phi) is 4.20. The summed E-state index contributed by atoms with van der Waals surface area (Å²) in [5.41, 5.74) is 3.80. The number of benzene rings is 1. The Balaban J connectivity index is 1.63. The summed E-state index contributed by atoms with van der Waals surface area (Å²) in [6, 6.07) is 8.96. The molecule has 0 spiro atoms. The summed E-state index contributed by atoms with van der Waals surface area (Å²) in [5, 5.41) is 2.77. The van der Waals surface area contributed by atoms with Gasteiger partial charge in [0.2, 0.25) is 0 Å². The van der Waals surface area contributed by atoms with Crippen LogP contribution in [0.1, 0.15) is 16.1 Å². The molecule has 1 saturated heterocycles. The van der Waals surface area contributed by atoms with Crippen molar-refractivity contribution < 1.29 is 9.59 Å². The first-order chi connectivity index (χ1) is 10.6. The van der Waals surface area contributed by atoms with Crippen LogP contribution in [0.2, 0.25) is 0 Å². The molecule has 1 fully saturated rings. The molecule has 3 amide bonds. The minimum atomic E-state index is -0.461. The molecule has 0 bridgehead atoms. The molecule has 6 heteroatoms. The maximum atomic E-state index is 12.4. The molecule has 0 radical (unpaired) electrons. The van der Waals surface area contributed by atoms with Crippen molar-refractivity contribution in [1.29, 1.82) is 0 Å². The summed E-state index contributed by atoms with van der Waals surface area (Å²) in [5.74, 6) is -0.143. The first-order valence-electron chi connectivity index (χ1n) is 7.20. The van der Waals surface area contributed by atoms with Crippen molar-refractivity contribution in [2.24, 2.45) is 0 Å². The molecule has 3 rings (SSSR count). The lowest BCUT2D eigenvalue weighted by Gasteiger charge is -2.12. The second-order valence-corrected chi connectivity index (χ2v) is 6.23. The van der Waals surface area contributed by atoms with Crippen LogP contribution < -0.4 is 5.32 Å². The zero-order chi connectivity index (χ0) is 15.5. The largest absolute Gasteiger partial charge is 0.325 e. The molecule has 114 valence electrons. The maximum Gasteiger partial charge on any atom is 0.324 e. The third-order valence-corrected chi connectivity index (χ3v) is 4.79. The Morgan fingerprint density at radius 1 is 1.27 bits per heavy atom. The average molecular weight is 315 g/mol. The number of nitrogens with zero attached hydrogens (tertiary/aromatic N) is 2. The molecule has 5 nitrogen and oxygen atoms in total. The van der Waals surface area contributed by atoms with E-state index < -0.39 is 6.04 Å². The fourth-order valence-corrected chi connectivity index (χ4v) is 3.33. The summed E-state index contributed by atoms with van der Waals surface area (Å²) in [4.78, 5) is 31.0. The smallest absolute Gasteiger partial charge is 0.324 e. The predicted molar refractivity (Wildman–Crippen MR) is 84.7 cm³/mol. The third kappa shape index (κ3) is 3.01. The van der Waals surface area contributed by atoms with Crippen molar-refractivity contribution in [3.8, 4) is 0 Å². The highest BCUT2D eigenvalue weighted by Gasteiger charge is 2.37. The number of hydrogen-bond donors (Lipinski definition) is 1. The summed E-state index contributed by atoms with van der Waals surface area (Å²) >= 11 is 1.56. The molecule has 1 aromatic heterocycles. The van der Waals surface area contributed by atoms with Crippen LogP contribution in [0.4, 0.5) is 4.79 Å². The molecule has 0 unspecified atom stereocenters. The quantitative estimate of drug-likeness (QED) is 0.860. The predicted octanol–water partition coefficient (Wildman–Crippen LogP) is 2.16. The Morgan fingerprint density at radius 2 is 2.05 bits per heavy atom. The van der Waals surface area contributed by atoms with E-state index in [1.165, 1.54) is 4.90 Å². The first-order valence-corrected chi connectivity index (χ1v) is 8.08. The van der Waals surface area contributed by atoms with Gasteiger partial charge in [0.15, 0.2) is 0 Å². The highest BCUT2D eigenvalue weighted by Crippen LogP contribution is 2.16. The molecular weight excluding hydrogens is 298 g/mol. The van der Waals surface area contributed by atoms with Crippen molar-refractivity contribution in [2.45, 2.75) is 25.8 Å². The molecule has 0 aliphatic carbocycles. The molecule has 1 aliphatic rings. The minimum absolute atomic E-state index is 0.143. The van der Waals surface area contributed by atoms with Gasteiger partial charge in [-0.2, -0.15) is 0 Å². The Hall–Kier alpha value is -2.21. The summed E-state index contributed by atoms with van der Waals surface area (Å²) in [7, 11) is 0. The Morgan fingerprint density at radius 3 is 2.73 bits per heavy atom. The van der Waals surface area contributed by atoms with Gasteiger partial charge in [-0.25, -0.2) is 9.78 Å². The number of carbonyl (C=O) groups excluding carboxylic acids is 2. The number of nitrogens with one attached hydrogen (secondary N) is 1. The van der Waals surface area contributed by atoms with E-state index in [4.69, 9.17) is 0 Å². The number of urea groups is 1. The van der Waals surface area contributed by atoms with E-state index in [-0.39, 0.29) is 11.9 Å². The first kappa shape index (κ1) is 14.7. The lowest BCUT2D eigenvalue weighted by atomic mass is 10.1. The monoisotopic (exact) mass is 315 g/mol. The number of amides is 3. The molecule has 1 N–H and O–H groups in total. The Bertz CT molecular complexity index is 684. The van der Waals surface area contributed by atoms with Crippen LogP contribution >= 0.6 is 11.3 Å². The SMILES string of the molecule is Cc1ncsc1CCN1C(=O)N[C@@H](Cc2ccccc2)C1=O. The van der Waals surface area contributed by atoms with E-state index in [9.17, 15) is 9.59 Å². The zero-order valence-electron chi connectivity index (χ0n) is 12.3. The molecule has 0 saturated carbocycles. The second kappa shape index (κ2) is 6.27. The van der Waals surface area contributed by atoms with Crippen molar-refractivity contribution in [3.05, 3.63) is 52.0 Å². The number of rotatable bonds is 5. The summed E-state index contributed by atoms with van der Waals surface area (Å²) < 4.78 is 0.